The first-order valence-corrected chi connectivity index (χ1v) is 6.26. The Morgan fingerprint density at radius 3 is 2.47 bits per heavy atom. The van der Waals surface area contributed by atoms with E-state index in [9.17, 15) is 4.79 Å². The van der Waals surface area contributed by atoms with Gasteiger partial charge in [0.15, 0.2) is 0 Å². The Kier molecular flexibility index (Phi) is 4.78. The molecule has 0 saturated heterocycles. The summed E-state index contributed by atoms with van der Waals surface area (Å²) < 4.78 is 0. The highest BCUT2D eigenvalue weighted by atomic mass is 16.1. The zero-order valence-corrected chi connectivity index (χ0v) is 10.4. The minimum atomic E-state index is 0.407. The Morgan fingerprint density at radius 1 is 1.33 bits per heavy atom. The normalized spacial score (nSPS) is 19.5. The van der Waals surface area contributed by atoms with Crippen LogP contribution in [0.15, 0.2) is 0 Å². The van der Waals surface area contributed by atoms with Gasteiger partial charge >= 0.3 is 0 Å². The van der Waals surface area contributed by atoms with E-state index in [0.29, 0.717) is 11.2 Å². The highest BCUT2D eigenvalue weighted by Gasteiger charge is 2.19. The number of nitrogens with one attached hydrogen (secondary N) is 1. The van der Waals surface area contributed by atoms with Crippen molar-refractivity contribution in [2.45, 2.75) is 52.9 Å². The standard InChI is InChI=1S/C13H25NO/c1-4-13(2,3)10-14-9-11-5-7-12(15)8-6-11/h11,14H,4-10H2,1-3H3. The molecule has 0 aromatic carbocycles. The number of rotatable bonds is 5. The first kappa shape index (κ1) is 12.7. The van der Waals surface area contributed by atoms with Gasteiger partial charge in [0.25, 0.3) is 0 Å². The average molecular weight is 211 g/mol. The van der Waals surface area contributed by atoms with Gasteiger partial charge in [-0.1, -0.05) is 20.8 Å². The summed E-state index contributed by atoms with van der Waals surface area (Å²) in [6, 6.07) is 0. The molecule has 1 saturated carbocycles. The Morgan fingerprint density at radius 2 is 1.93 bits per heavy atom. The SMILES string of the molecule is CCC(C)(C)CNCC1CCC(=O)CC1. The summed E-state index contributed by atoms with van der Waals surface area (Å²) in [5, 5.41) is 3.55. The third-order valence-electron chi connectivity index (χ3n) is 3.66. The minimum absolute atomic E-state index is 0.407. The lowest BCUT2D eigenvalue weighted by Gasteiger charge is -2.26. The van der Waals surface area contributed by atoms with Crippen LogP contribution in [0, 0.1) is 11.3 Å². The molecule has 2 heteroatoms. The molecule has 0 amide bonds. The molecule has 1 aliphatic carbocycles. The lowest BCUT2D eigenvalue weighted by atomic mass is 9.87. The number of hydrogen-bond donors (Lipinski definition) is 1. The molecule has 0 radical (unpaired) electrons. The molecule has 0 unspecified atom stereocenters. The summed E-state index contributed by atoms with van der Waals surface area (Å²) in [6.45, 7) is 9.01. The molecule has 0 atom stereocenters. The summed E-state index contributed by atoms with van der Waals surface area (Å²) in [5.74, 6) is 1.19. The molecule has 0 aliphatic heterocycles. The summed E-state index contributed by atoms with van der Waals surface area (Å²) >= 11 is 0. The van der Waals surface area contributed by atoms with Crippen LogP contribution in [0.4, 0.5) is 0 Å². The van der Waals surface area contributed by atoms with Gasteiger partial charge in [0.05, 0.1) is 0 Å². The van der Waals surface area contributed by atoms with Crippen LogP contribution in [-0.2, 0) is 4.79 Å². The number of carbonyl (C=O) groups is 1. The predicted octanol–water partition coefficient (Wildman–Crippen LogP) is 2.77. The molecule has 0 spiro atoms. The van der Waals surface area contributed by atoms with E-state index in [4.69, 9.17) is 0 Å². The topological polar surface area (TPSA) is 29.1 Å². The Balaban J connectivity index is 2.13. The van der Waals surface area contributed by atoms with Crippen molar-refractivity contribution in [1.82, 2.24) is 5.32 Å². The van der Waals surface area contributed by atoms with Crippen molar-refractivity contribution >= 4 is 5.78 Å². The molecule has 88 valence electrons. The summed E-state index contributed by atoms with van der Waals surface area (Å²) in [5.41, 5.74) is 0.407. The van der Waals surface area contributed by atoms with Gasteiger partial charge in [-0.25, -0.2) is 0 Å². The third-order valence-corrected chi connectivity index (χ3v) is 3.66. The lowest BCUT2D eigenvalue weighted by Crippen LogP contribution is -2.33. The van der Waals surface area contributed by atoms with Crippen LogP contribution in [0.3, 0.4) is 0 Å². The Bertz CT molecular complexity index is 201. The fraction of sp³-hybridized carbons (Fsp3) is 0.923. The number of Topliss-reactive ketones (excluding diaryl/α,β-unsaturated/α-hetero) is 1. The van der Waals surface area contributed by atoms with Crippen LogP contribution >= 0.6 is 0 Å². The van der Waals surface area contributed by atoms with Crippen molar-refractivity contribution in [3.8, 4) is 0 Å². The molecule has 1 N–H and O–H groups in total. The lowest BCUT2D eigenvalue weighted by molar-refractivity contribution is -0.120. The fourth-order valence-electron chi connectivity index (χ4n) is 1.94. The second kappa shape index (κ2) is 5.64. The zero-order chi connectivity index (χ0) is 11.3. The number of hydrogen-bond acceptors (Lipinski definition) is 2. The van der Waals surface area contributed by atoms with E-state index < -0.39 is 0 Å². The Labute approximate surface area is 93.8 Å². The summed E-state index contributed by atoms with van der Waals surface area (Å²) in [7, 11) is 0. The van der Waals surface area contributed by atoms with Gasteiger partial charge in [0.2, 0.25) is 0 Å². The fourth-order valence-corrected chi connectivity index (χ4v) is 1.94. The van der Waals surface area contributed by atoms with Crippen LogP contribution in [0.2, 0.25) is 0 Å². The highest BCUT2D eigenvalue weighted by Crippen LogP contribution is 2.22. The summed E-state index contributed by atoms with van der Waals surface area (Å²) in [6.07, 6.45) is 5.02. The third kappa shape index (κ3) is 4.78. The molecule has 1 rings (SSSR count). The van der Waals surface area contributed by atoms with Gasteiger partial charge in [-0.05, 0) is 37.1 Å². The van der Waals surface area contributed by atoms with Gasteiger partial charge in [0.1, 0.15) is 5.78 Å². The predicted molar refractivity (Wildman–Crippen MR) is 63.9 cm³/mol. The van der Waals surface area contributed by atoms with Crippen LogP contribution < -0.4 is 5.32 Å². The molecule has 1 fully saturated rings. The van der Waals surface area contributed by atoms with Gasteiger partial charge < -0.3 is 5.32 Å². The first-order valence-electron chi connectivity index (χ1n) is 6.26. The van der Waals surface area contributed by atoms with Crippen molar-refractivity contribution in [2.24, 2.45) is 11.3 Å². The first-order chi connectivity index (χ1) is 7.03. The average Bonchev–Trinajstić information content (AvgIpc) is 2.21. The monoisotopic (exact) mass is 211 g/mol. The van der Waals surface area contributed by atoms with Crippen LogP contribution in [0.25, 0.3) is 0 Å². The maximum Gasteiger partial charge on any atom is 0.132 e. The van der Waals surface area contributed by atoms with Crippen molar-refractivity contribution < 1.29 is 4.79 Å². The quantitative estimate of drug-likeness (QED) is 0.757. The molecule has 0 aromatic heterocycles. The van der Waals surface area contributed by atoms with Crippen molar-refractivity contribution in [2.75, 3.05) is 13.1 Å². The second-order valence-corrected chi connectivity index (χ2v) is 5.63. The van der Waals surface area contributed by atoms with Crippen LogP contribution in [0.1, 0.15) is 52.9 Å². The van der Waals surface area contributed by atoms with E-state index >= 15 is 0 Å². The van der Waals surface area contributed by atoms with E-state index in [1.807, 2.05) is 0 Å². The Hall–Kier alpha value is -0.370. The molecular formula is C13H25NO. The zero-order valence-electron chi connectivity index (χ0n) is 10.4. The van der Waals surface area contributed by atoms with Gasteiger partial charge in [0, 0.05) is 19.4 Å². The maximum atomic E-state index is 11.1. The van der Waals surface area contributed by atoms with E-state index in [1.165, 1.54) is 6.42 Å². The molecule has 0 heterocycles. The largest absolute Gasteiger partial charge is 0.316 e. The highest BCUT2D eigenvalue weighted by molar-refractivity contribution is 5.79. The van der Waals surface area contributed by atoms with E-state index in [-0.39, 0.29) is 0 Å². The van der Waals surface area contributed by atoms with Crippen LogP contribution in [-0.4, -0.2) is 18.9 Å². The minimum Gasteiger partial charge on any atom is -0.316 e. The van der Waals surface area contributed by atoms with E-state index in [2.05, 4.69) is 26.1 Å². The number of carbonyl (C=O) groups excluding carboxylic acids is 1. The van der Waals surface area contributed by atoms with Gasteiger partial charge in [-0.2, -0.15) is 0 Å². The van der Waals surface area contributed by atoms with Gasteiger partial charge in [-0.15, -0.1) is 0 Å². The van der Waals surface area contributed by atoms with Crippen LogP contribution in [0.5, 0.6) is 0 Å². The second-order valence-electron chi connectivity index (χ2n) is 5.63. The summed E-state index contributed by atoms with van der Waals surface area (Å²) in [4.78, 5) is 11.1. The number of ketones is 1. The maximum absolute atomic E-state index is 11.1. The van der Waals surface area contributed by atoms with E-state index in [1.54, 1.807) is 0 Å². The molecular weight excluding hydrogens is 186 g/mol. The van der Waals surface area contributed by atoms with Gasteiger partial charge in [-0.3, -0.25) is 4.79 Å². The van der Waals surface area contributed by atoms with Crippen molar-refractivity contribution in [1.29, 1.82) is 0 Å². The smallest absolute Gasteiger partial charge is 0.132 e. The molecule has 1 aliphatic rings. The molecule has 2 nitrogen and oxygen atoms in total. The van der Waals surface area contributed by atoms with Crippen molar-refractivity contribution in [3.05, 3.63) is 0 Å². The molecule has 0 aromatic rings. The van der Waals surface area contributed by atoms with E-state index in [0.717, 1.165) is 44.7 Å². The van der Waals surface area contributed by atoms with Crippen molar-refractivity contribution in [3.63, 3.8) is 0 Å². The molecule has 15 heavy (non-hydrogen) atoms. The molecule has 0 bridgehead atoms.